The van der Waals surface area contributed by atoms with Crippen LogP contribution in [0.1, 0.15) is 38.8 Å². The summed E-state index contributed by atoms with van der Waals surface area (Å²) in [5, 5.41) is 3.20. The van der Waals surface area contributed by atoms with Gasteiger partial charge in [0, 0.05) is 23.8 Å². The maximum absolute atomic E-state index is 13.1. The molecule has 9 heteroatoms. The second kappa shape index (κ2) is 9.68. The summed E-state index contributed by atoms with van der Waals surface area (Å²) >= 11 is 8.04. The highest BCUT2D eigenvalue weighted by atomic mass is 35.5. The number of hydrogen-bond donors (Lipinski definition) is 0. The number of thioether (sulfide) groups is 1. The van der Waals surface area contributed by atoms with Gasteiger partial charge in [-0.1, -0.05) is 41.6 Å². The van der Waals surface area contributed by atoms with Gasteiger partial charge in [-0.25, -0.2) is 9.79 Å². The minimum Gasteiger partial charge on any atom is -0.459 e. The van der Waals surface area contributed by atoms with Gasteiger partial charge < -0.3 is 19.3 Å². The molecule has 0 aromatic heterocycles. The molecule has 3 aliphatic heterocycles. The summed E-state index contributed by atoms with van der Waals surface area (Å²) in [6.07, 6.45) is -0.0654. The molecule has 0 N–H and O–H groups in total. The average Bonchev–Trinajstić information content (AvgIpc) is 3.15. The highest BCUT2D eigenvalue weighted by Crippen LogP contribution is 2.46. The molecule has 1 atom stereocenters. The molecular weight excluding hydrogens is 450 g/mol. The fourth-order valence-corrected chi connectivity index (χ4v) is 5.18. The number of fused-ring (bicyclic) bond motifs is 1. The number of rotatable bonds is 5. The number of halogens is 1. The number of aliphatic imine (C=N–C) groups is 1. The largest absolute Gasteiger partial charge is 0.459 e. The Morgan fingerprint density at radius 1 is 1.28 bits per heavy atom. The topological polar surface area (TPSA) is 71.4 Å². The standard InChI is InChI=1S/C23H26ClN3O4S/c1-14(2)31-22(29)20-15(3)25-23-27(21(20)17-6-4-5-7-18(17)24)16(13-32-23)12-19(28)26-8-10-30-11-9-26/h4-7,13-14,21H,8-12H2,1-3H3/t21-/m1/s1. The lowest BCUT2D eigenvalue weighted by molar-refractivity contribution is -0.143. The first-order valence-corrected chi connectivity index (χ1v) is 11.9. The third-order valence-electron chi connectivity index (χ3n) is 5.46. The van der Waals surface area contributed by atoms with Gasteiger partial charge in [-0.2, -0.15) is 0 Å². The zero-order valence-corrected chi connectivity index (χ0v) is 19.9. The molecule has 3 heterocycles. The molecule has 0 aliphatic carbocycles. The van der Waals surface area contributed by atoms with E-state index in [1.54, 1.807) is 6.07 Å². The molecule has 1 aromatic rings. The molecule has 0 saturated carbocycles. The van der Waals surface area contributed by atoms with Crippen LogP contribution in [0.25, 0.3) is 0 Å². The van der Waals surface area contributed by atoms with Crippen LogP contribution < -0.4 is 0 Å². The maximum Gasteiger partial charge on any atom is 0.338 e. The SMILES string of the molecule is CC1=C(C(=O)OC(C)C)[C@@H](c2ccccc2Cl)N2C(CC(=O)N3CCOCC3)=CSC2=N1. The van der Waals surface area contributed by atoms with Gasteiger partial charge in [-0.3, -0.25) is 4.79 Å². The van der Waals surface area contributed by atoms with Crippen molar-refractivity contribution >= 4 is 40.4 Å². The maximum atomic E-state index is 13.1. The predicted octanol–water partition coefficient (Wildman–Crippen LogP) is 4.12. The van der Waals surface area contributed by atoms with Crippen LogP contribution in [0.3, 0.4) is 0 Å². The number of carbonyl (C=O) groups excluding carboxylic acids is 2. The van der Waals surface area contributed by atoms with E-state index in [1.165, 1.54) is 11.8 Å². The Morgan fingerprint density at radius 2 is 2.00 bits per heavy atom. The van der Waals surface area contributed by atoms with E-state index < -0.39 is 12.0 Å². The molecule has 0 bridgehead atoms. The Kier molecular flexibility index (Phi) is 6.93. The second-order valence-corrected chi connectivity index (χ2v) is 9.28. The Hall–Kier alpha value is -2.29. The fourth-order valence-electron chi connectivity index (χ4n) is 3.98. The molecule has 7 nitrogen and oxygen atoms in total. The highest BCUT2D eigenvalue weighted by molar-refractivity contribution is 8.16. The lowest BCUT2D eigenvalue weighted by atomic mass is 9.93. The number of morpholine rings is 1. The number of esters is 1. The van der Waals surface area contributed by atoms with Gasteiger partial charge in [0.15, 0.2) is 5.17 Å². The quantitative estimate of drug-likeness (QED) is 0.597. The van der Waals surface area contributed by atoms with Crippen LogP contribution in [0.4, 0.5) is 0 Å². The van der Waals surface area contributed by atoms with E-state index in [-0.39, 0.29) is 18.4 Å². The Morgan fingerprint density at radius 3 is 2.69 bits per heavy atom. The number of amides is 1. The Labute approximate surface area is 197 Å². The van der Waals surface area contributed by atoms with E-state index in [0.29, 0.717) is 42.6 Å². The highest BCUT2D eigenvalue weighted by Gasteiger charge is 2.42. The number of amidine groups is 1. The van der Waals surface area contributed by atoms with Crippen LogP contribution in [0, 0.1) is 0 Å². The molecule has 32 heavy (non-hydrogen) atoms. The molecule has 1 amide bonds. The summed E-state index contributed by atoms with van der Waals surface area (Å²) in [4.78, 5) is 34.6. The van der Waals surface area contributed by atoms with Crippen LogP contribution in [0.15, 0.2) is 51.6 Å². The average molecular weight is 476 g/mol. The van der Waals surface area contributed by atoms with Crippen LogP contribution in [0.5, 0.6) is 0 Å². The van der Waals surface area contributed by atoms with Gasteiger partial charge in [0.05, 0.1) is 43.1 Å². The van der Waals surface area contributed by atoms with Crippen molar-refractivity contribution in [3.8, 4) is 0 Å². The molecule has 0 spiro atoms. The van der Waals surface area contributed by atoms with Crippen molar-refractivity contribution in [2.24, 2.45) is 4.99 Å². The first-order chi connectivity index (χ1) is 15.4. The summed E-state index contributed by atoms with van der Waals surface area (Å²) in [5.74, 6) is -0.405. The number of ether oxygens (including phenoxy) is 2. The van der Waals surface area contributed by atoms with E-state index in [4.69, 9.17) is 21.1 Å². The molecule has 1 saturated heterocycles. The third kappa shape index (κ3) is 4.58. The lowest BCUT2D eigenvalue weighted by Gasteiger charge is -2.37. The summed E-state index contributed by atoms with van der Waals surface area (Å²) in [6, 6.07) is 6.91. The van der Waals surface area contributed by atoms with Gasteiger partial charge in [-0.05, 0) is 37.8 Å². The van der Waals surface area contributed by atoms with Crippen molar-refractivity contribution in [2.45, 2.75) is 39.3 Å². The molecule has 0 unspecified atom stereocenters. The Balaban J connectivity index is 1.71. The van der Waals surface area contributed by atoms with Crippen molar-refractivity contribution in [3.63, 3.8) is 0 Å². The summed E-state index contributed by atoms with van der Waals surface area (Å²) in [6.45, 7) is 7.69. The first kappa shape index (κ1) is 22.9. The van der Waals surface area contributed by atoms with Gasteiger partial charge in [0.2, 0.25) is 5.91 Å². The zero-order valence-electron chi connectivity index (χ0n) is 18.3. The van der Waals surface area contributed by atoms with E-state index in [9.17, 15) is 9.59 Å². The third-order valence-corrected chi connectivity index (χ3v) is 6.69. The van der Waals surface area contributed by atoms with Gasteiger partial charge in [-0.15, -0.1) is 0 Å². The first-order valence-electron chi connectivity index (χ1n) is 10.6. The summed E-state index contributed by atoms with van der Waals surface area (Å²) < 4.78 is 10.9. The smallest absolute Gasteiger partial charge is 0.338 e. The second-order valence-electron chi connectivity index (χ2n) is 8.04. The molecule has 3 aliphatic rings. The normalized spacial score (nSPS) is 20.8. The number of nitrogens with zero attached hydrogens (tertiary/aromatic N) is 3. The minimum absolute atomic E-state index is 0.0249. The van der Waals surface area contributed by atoms with E-state index >= 15 is 0 Å². The van der Waals surface area contributed by atoms with Gasteiger partial charge in [0.1, 0.15) is 0 Å². The summed E-state index contributed by atoms with van der Waals surface area (Å²) in [7, 11) is 0. The molecule has 1 fully saturated rings. The monoisotopic (exact) mass is 475 g/mol. The Bertz CT molecular complexity index is 1010. The van der Waals surface area contributed by atoms with Gasteiger partial charge >= 0.3 is 5.97 Å². The van der Waals surface area contributed by atoms with Crippen LogP contribution >= 0.6 is 23.4 Å². The molecule has 170 valence electrons. The van der Waals surface area contributed by atoms with Crippen molar-refractivity contribution in [1.82, 2.24) is 9.80 Å². The predicted molar refractivity (Wildman–Crippen MR) is 125 cm³/mol. The minimum atomic E-state index is -0.527. The summed E-state index contributed by atoms with van der Waals surface area (Å²) in [5.41, 5.74) is 2.58. The lowest BCUT2D eigenvalue weighted by Crippen LogP contribution is -2.42. The zero-order chi connectivity index (χ0) is 22.8. The molecule has 1 aromatic carbocycles. The van der Waals surface area contributed by atoms with Crippen LogP contribution in [0.2, 0.25) is 5.02 Å². The van der Waals surface area contributed by atoms with Crippen molar-refractivity contribution < 1.29 is 19.1 Å². The molecule has 4 rings (SSSR count). The fraction of sp³-hybridized carbons (Fsp3) is 0.435. The number of carbonyl (C=O) groups is 2. The van der Waals surface area contributed by atoms with Crippen molar-refractivity contribution in [1.29, 1.82) is 0 Å². The van der Waals surface area contributed by atoms with E-state index in [2.05, 4.69) is 4.99 Å². The van der Waals surface area contributed by atoms with E-state index in [0.717, 1.165) is 16.4 Å². The molecule has 0 radical (unpaired) electrons. The van der Waals surface area contributed by atoms with Gasteiger partial charge in [0.25, 0.3) is 0 Å². The molecular formula is C23H26ClN3O4S. The number of hydrogen-bond acceptors (Lipinski definition) is 7. The van der Waals surface area contributed by atoms with E-state index in [1.807, 2.05) is 54.2 Å². The number of benzene rings is 1. The van der Waals surface area contributed by atoms with Crippen LogP contribution in [-0.4, -0.2) is 59.3 Å². The van der Waals surface area contributed by atoms with Crippen molar-refractivity contribution in [3.05, 3.63) is 57.2 Å². The number of allylic oxidation sites excluding steroid dienone is 1. The van der Waals surface area contributed by atoms with Crippen molar-refractivity contribution in [2.75, 3.05) is 26.3 Å². The van der Waals surface area contributed by atoms with Crippen LogP contribution in [-0.2, 0) is 19.1 Å².